The number of rotatable bonds is 3. The number of methoxy groups -OCH3 is 1. The second-order valence-electron chi connectivity index (χ2n) is 2.74. The molecule has 7 heteroatoms. The number of carboxylic acid groups (broad SMARTS) is 1. The van der Waals surface area contributed by atoms with Crippen LogP contribution in [0.4, 0.5) is 4.39 Å². The number of carbonyl (C=O) groups is 2. The van der Waals surface area contributed by atoms with E-state index >= 15 is 0 Å². The predicted molar refractivity (Wildman–Crippen MR) is 54.3 cm³/mol. The average Bonchev–Trinajstić information content (AvgIpc) is 2.24. The Kier molecular flexibility index (Phi) is 3.48. The largest absolute Gasteiger partial charge is 0.504 e. The van der Waals surface area contributed by atoms with Crippen molar-refractivity contribution in [3.05, 3.63) is 21.9 Å². The molecular weight excluding hydrogens is 287 g/mol. The fourth-order valence-electron chi connectivity index (χ4n) is 1.07. The first kappa shape index (κ1) is 12.4. The summed E-state index contributed by atoms with van der Waals surface area (Å²) in [7, 11) is 1.06. The molecule has 0 aliphatic heterocycles. The van der Waals surface area contributed by atoms with E-state index in [1.165, 1.54) is 0 Å². The molecule has 16 heavy (non-hydrogen) atoms. The van der Waals surface area contributed by atoms with Gasteiger partial charge in [0.25, 0.3) is 5.78 Å². The van der Waals surface area contributed by atoms with Gasteiger partial charge in [0, 0.05) is 0 Å². The molecule has 0 atom stereocenters. The molecule has 2 N–H and O–H groups in total. The van der Waals surface area contributed by atoms with Gasteiger partial charge in [0.05, 0.1) is 17.1 Å². The third-order valence-electron chi connectivity index (χ3n) is 1.79. The summed E-state index contributed by atoms with van der Waals surface area (Å²) in [5.74, 6) is -5.61. The van der Waals surface area contributed by atoms with Crippen LogP contribution in [0.2, 0.25) is 0 Å². The molecule has 5 nitrogen and oxygen atoms in total. The highest BCUT2D eigenvalue weighted by Gasteiger charge is 2.25. The minimum absolute atomic E-state index is 0.129. The van der Waals surface area contributed by atoms with E-state index in [1.54, 1.807) is 0 Å². The number of carboxylic acids is 1. The molecule has 0 aliphatic carbocycles. The molecule has 0 unspecified atom stereocenters. The fraction of sp³-hybridized carbons (Fsp3) is 0.111. The van der Waals surface area contributed by atoms with E-state index < -0.39 is 34.6 Å². The van der Waals surface area contributed by atoms with Crippen LogP contribution in [-0.4, -0.2) is 29.1 Å². The van der Waals surface area contributed by atoms with Gasteiger partial charge in [-0.05, 0) is 22.0 Å². The lowest BCUT2D eigenvalue weighted by Gasteiger charge is -2.09. The molecule has 0 fully saturated rings. The Hall–Kier alpha value is -1.63. The number of halogens is 2. The van der Waals surface area contributed by atoms with E-state index in [1.807, 2.05) is 0 Å². The summed E-state index contributed by atoms with van der Waals surface area (Å²) in [5, 5.41) is 17.7. The molecular formula is C9H6BrFO5. The Morgan fingerprint density at radius 3 is 2.50 bits per heavy atom. The van der Waals surface area contributed by atoms with Gasteiger partial charge < -0.3 is 14.9 Å². The van der Waals surface area contributed by atoms with Gasteiger partial charge in [-0.25, -0.2) is 4.79 Å². The summed E-state index contributed by atoms with van der Waals surface area (Å²) >= 11 is 2.79. The van der Waals surface area contributed by atoms with Gasteiger partial charge >= 0.3 is 5.97 Å². The lowest BCUT2D eigenvalue weighted by atomic mass is 10.1. The molecule has 0 saturated carbocycles. The summed E-state index contributed by atoms with van der Waals surface area (Å²) in [6.45, 7) is 0. The number of hydrogen-bond donors (Lipinski definition) is 2. The first-order valence-corrected chi connectivity index (χ1v) is 4.72. The molecule has 1 aromatic carbocycles. The zero-order chi connectivity index (χ0) is 12.5. The van der Waals surface area contributed by atoms with Gasteiger partial charge in [-0.15, -0.1) is 0 Å². The number of carbonyl (C=O) groups excluding carboxylic acids is 1. The van der Waals surface area contributed by atoms with E-state index in [2.05, 4.69) is 20.7 Å². The molecule has 86 valence electrons. The van der Waals surface area contributed by atoms with E-state index in [0.717, 1.165) is 13.2 Å². The van der Waals surface area contributed by atoms with Crippen molar-refractivity contribution in [2.24, 2.45) is 0 Å². The van der Waals surface area contributed by atoms with Crippen LogP contribution in [0.25, 0.3) is 0 Å². The maximum absolute atomic E-state index is 13.4. The number of hydrogen-bond acceptors (Lipinski definition) is 4. The first-order chi connectivity index (χ1) is 7.40. The van der Waals surface area contributed by atoms with Crippen molar-refractivity contribution in [3.63, 3.8) is 0 Å². The second kappa shape index (κ2) is 4.48. The lowest BCUT2D eigenvalue weighted by Crippen LogP contribution is -2.14. The summed E-state index contributed by atoms with van der Waals surface area (Å²) in [4.78, 5) is 21.7. The number of ketones is 1. The molecule has 0 aliphatic rings. The molecule has 1 rings (SSSR count). The lowest BCUT2D eigenvalue weighted by molar-refractivity contribution is -0.131. The number of ether oxygens (including phenoxy) is 1. The quantitative estimate of drug-likeness (QED) is 0.653. The monoisotopic (exact) mass is 292 g/mol. The Labute approximate surface area is 97.6 Å². The van der Waals surface area contributed by atoms with Gasteiger partial charge in [0.1, 0.15) is 0 Å². The van der Waals surface area contributed by atoms with Crippen molar-refractivity contribution in [1.82, 2.24) is 0 Å². The van der Waals surface area contributed by atoms with Gasteiger partial charge in [-0.3, -0.25) is 4.79 Å². The van der Waals surface area contributed by atoms with Gasteiger partial charge in [-0.2, -0.15) is 4.39 Å². The highest BCUT2D eigenvalue weighted by Crippen LogP contribution is 2.36. The standard InChI is InChI=1S/C9H6BrFO5/c1-16-8-3(6(12)9(14)15)2-4(10)7(13)5(8)11/h2,13H,1H3,(H,14,15). The van der Waals surface area contributed by atoms with E-state index in [-0.39, 0.29) is 4.47 Å². The Balaban J connectivity index is 3.51. The Morgan fingerprint density at radius 1 is 1.50 bits per heavy atom. The maximum atomic E-state index is 13.4. The molecule has 1 aromatic rings. The number of aliphatic carboxylic acids is 1. The van der Waals surface area contributed by atoms with Crippen LogP contribution in [0.5, 0.6) is 11.5 Å². The summed E-state index contributed by atoms with van der Waals surface area (Å²) in [5.41, 5.74) is -0.475. The smallest absolute Gasteiger partial charge is 0.377 e. The van der Waals surface area contributed by atoms with Gasteiger partial charge in [0.2, 0.25) is 5.82 Å². The number of phenols is 1. The summed E-state index contributed by atoms with van der Waals surface area (Å²) in [6.07, 6.45) is 0. The zero-order valence-electron chi connectivity index (χ0n) is 7.95. The van der Waals surface area contributed by atoms with Crippen LogP contribution in [0.15, 0.2) is 10.5 Å². The Bertz CT molecular complexity index is 471. The van der Waals surface area contributed by atoms with Crippen molar-refractivity contribution < 1.29 is 28.9 Å². The molecule has 0 amide bonds. The fourth-order valence-corrected chi connectivity index (χ4v) is 1.48. The van der Waals surface area contributed by atoms with Crippen LogP contribution in [-0.2, 0) is 4.79 Å². The van der Waals surface area contributed by atoms with Crippen molar-refractivity contribution in [2.45, 2.75) is 0 Å². The SMILES string of the molecule is COc1c(C(=O)C(=O)O)cc(Br)c(O)c1F. The number of aromatic hydroxyl groups is 1. The number of benzene rings is 1. The molecule has 0 saturated heterocycles. The normalized spacial score (nSPS) is 9.94. The van der Waals surface area contributed by atoms with Crippen molar-refractivity contribution in [2.75, 3.05) is 7.11 Å². The topological polar surface area (TPSA) is 83.8 Å². The number of phenolic OH excluding ortho intramolecular Hbond substituents is 1. The second-order valence-corrected chi connectivity index (χ2v) is 3.59. The van der Waals surface area contributed by atoms with E-state index in [0.29, 0.717) is 0 Å². The molecule has 0 bridgehead atoms. The van der Waals surface area contributed by atoms with E-state index in [9.17, 15) is 19.1 Å². The zero-order valence-corrected chi connectivity index (χ0v) is 9.54. The Morgan fingerprint density at radius 2 is 2.06 bits per heavy atom. The molecule has 0 radical (unpaired) electrons. The predicted octanol–water partition coefficient (Wildman–Crippen LogP) is 1.57. The van der Waals surface area contributed by atoms with Crippen LogP contribution in [0, 0.1) is 5.82 Å². The van der Waals surface area contributed by atoms with Crippen LogP contribution < -0.4 is 4.74 Å². The summed E-state index contributed by atoms with van der Waals surface area (Å²) < 4.78 is 17.8. The van der Waals surface area contributed by atoms with Gasteiger partial charge in [-0.1, -0.05) is 0 Å². The van der Waals surface area contributed by atoms with Crippen molar-refractivity contribution in [3.8, 4) is 11.5 Å². The highest BCUT2D eigenvalue weighted by molar-refractivity contribution is 9.10. The first-order valence-electron chi connectivity index (χ1n) is 3.92. The molecule has 0 heterocycles. The minimum atomic E-state index is -1.74. The average molecular weight is 293 g/mol. The van der Waals surface area contributed by atoms with Crippen molar-refractivity contribution in [1.29, 1.82) is 0 Å². The van der Waals surface area contributed by atoms with Crippen LogP contribution >= 0.6 is 15.9 Å². The van der Waals surface area contributed by atoms with Gasteiger partial charge in [0.15, 0.2) is 11.5 Å². The van der Waals surface area contributed by atoms with Crippen LogP contribution in [0.3, 0.4) is 0 Å². The third kappa shape index (κ3) is 1.99. The summed E-state index contributed by atoms with van der Waals surface area (Å²) in [6, 6.07) is 0.980. The maximum Gasteiger partial charge on any atom is 0.377 e. The molecule has 0 aromatic heterocycles. The van der Waals surface area contributed by atoms with Crippen molar-refractivity contribution >= 4 is 27.7 Å². The van der Waals surface area contributed by atoms with Crippen LogP contribution in [0.1, 0.15) is 10.4 Å². The molecule has 0 spiro atoms. The highest BCUT2D eigenvalue weighted by atomic mass is 79.9. The van der Waals surface area contributed by atoms with E-state index in [4.69, 9.17) is 5.11 Å². The third-order valence-corrected chi connectivity index (χ3v) is 2.40. The minimum Gasteiger partial charge on any atom is -0.504 e. The number of Topliss-reactive ketones (excluding diaryl/α,β-unsaturated/α-hetero) is 1.